The topological polar surface area (TPSA) is 34.9 Å². The number of halogens is 1. The molecule has 0 N–H and O–H groups in total. The lowest BCUT2D eigenvalue weighted by molar-refractivity contribution is 0.101. The maximum Gasteiger partial charge on any atom is 0.164 e. The van der Waals surface area contributed by atoms with Gasteiger partial charge in [-0.15, -0.1) is 0 Å². The van der Waals surface area contributed by atoms with E-state index in [-0.39, 0.29) is 15.0 Å². The highest BCUT2D eigenvalue weighted by Crippen LogP contribution is 2.13. The molecule has 0 fully saturated rings. The summed E-state index contributed by atoms with van der Waals surface area (Å²) >= 11 is 1.69. The molecule has 0 atom stereocenters. The third kappa shape index (κ3) is 1.85. The molecule has 0 amide bonds. The highest BCUT2D eigenvalue weighted by atomic mass is 127. The van der Waals surface area contributed by atoms with Crippen LogP contribution in [0.25, 0.3) is 0 Å². The number of hydrogen-bond acceptors (Lipinski definition) is 2. The number of hydrogen-bond donors (Lipinski definition) is 0. The Kier molecular flexibility index (Phi) is 1.12. The lowest BCUT2D eigenvalue weighted by atomic mass is 10.3. The average Bonchev–Trinajstić information content (AvgIpc) is 2.55. The van der Waals surface area contributed by atoms with Crippen molar-refractivity contribution in [2.24, 2.45) is 0 Å². The molecule has 1 aromatic rings. The van der Waals surface area contributed by atoms with Crippen molar-refractivity contribution >= 4 is 28.4 Å². The van der Waals surface area contributed by atoms with Gasteiger partial charge in [-0.25, -0.2) is 0 Å². The highest BCUT2D eigenvalue weighted by Gasteiger charge is 2.11. The molecule has 0 aliphatic carbocycles. The molecule has 1 rings (SSSR count). The summed E-state index contributed by atoms with van der Waals surface area (Å²) < 4.78 is 52.4. The van der Waals surface area contributed by atoms with Crippen LogP contribution < -0.4 is 0 Å². The number of rotatable bonds is 2. The van der Waals surface area contributed by atoms with Crippen molar-refractivity contribution in [3.05, 3.63) is 15.5 Å². The molecule has 0 aromatic carbocycles. The van der Waals surface area contributed by atoms with Gasteiger partial charge >= 0.3 is 0 Å². The molecule has 0 unspecified atom stereocenters. The van der Waals surface area contributed by atoms with Gasteiger partial charge in [0.05, 0.1) is 6.93 Å². The minimum Gasteiger partial charge on any atom is -0.294 e. The zero-order valence-corrected chi connectivity index (χ0v) is 8.42. The molecule has 0 saturated carbocycles. The van der Waals surface area contributed by atoms with E-state index in [2.05, 4.69) is 5.10 Å². The Morgan fingerprint density at radius 2 is 2.58 bits per heavy atom. The summed E-state index contributed by atoms with van der Waals surface area (Å²) in [5, 5.41) is 3.71. The summed E-state index contributed by atoms with van der Waals surface area (Å²) in [6.07, 6.45) is 0.996. The van der Waals surface area contributed by atoms with Gasteiger partial charge in [-0.3, -0.25) is 9.48 Å². The van der Waals surface area contributed by atoms with Gasteiger partial charge in [-0.2, -0.15) is 5.10 Å². The number of ketones is 1. The van der Waals surface area contributed by atoms with Crippen LogP contribution in [0.15, 0.2) is 6.20 Å². The Bertz CT molecular complexity index is 490. The third-order valence-corrected chi connectivity index (χ3v) is 2.07. The van der Waals surface area contributed by atoms with Crippen LogP contribution >= 0.6 is 22.6 Å². The number of carbonyl (C=O) groups excluding carboxylic acids is 1. The molecular formula is C8H11IN2O. The minimum absolute atomic E-state index is 0.0886. The zero-order chi connectivity index (χ0) is 15.2. The van der Waals surface area contributed by atoms with Gasteiger partial charge in [-0.1, -0.05) is 0 Å². The van der Waals surface area contributed by atoms with Gasteiger partial charge in [0.15, 0.2) is 5.78 Å². The Morgan fingerprint density at radius 3 is 3.00 bits per heavy atom. The largest absolute Gasteiger partial charge is 0.294 e. The van der Waals surface area contributed by atoms with E-state index >= 15 is 0 Å². The van der Waals surface area contributed by atoms with E-state index in [1.54, 1.807) is 22.6 Å². The fourth-order valence-corrected chi connectivity index (χ4v) is 1.46. The Labute approximate surface area is 95.1 Å². The average molecular weight is 285 g/mol. The molecule has 0 bridgehead atoms. The van der Waals surface area contributed by atoms with E-state index in [4.69, 9.17) is 9.60 Å². The van der Waals surface area contributed by atoms with Crippen LogP contribution in [0, 0.1) is 3.70 Å². The van der Waals surface area contributed by atoms with Crippen LogP contribution in [0.2, 0.25) is 0 Å². The number of carbonyl (C=O) groups is 1. The molecule has 0 radical (unpaired) electrons. The normalized spacial score (nSPS) is 22.3. The highest BCUT2D eigenvalue weighted by molar-refractivity contribution is 14.1. The minimum atomic E-state index is -3.12. The van der Waals surface area contributed by atoms with Crippen molar-refractivity contribution < 1.29 is 14.4 Å². The molecule has 1 aromatic heterocycles. The predicted octanol–water partition coefficient (Wildman–Crippen LogP) is 2.27. The van der Waals surface area contributed by atoms with E-state index in [9.17, 15) is 4.79 Å². The van der Waals surface area contributed by atoms with Crippen molar-refractivity contribution in [1.29, 1.82) is 0 Å². The smallest absolute Gasteiger partial charge is 0.164 e. The first-order valence-electron chi connectivity index (χ1n) is 6.59. The van der Waals surface area contributed by atoms with Crippen LogP contribution in [0.1, 0.15) is 46.6 Å². The standard InChI is InChI=1S/C8H11IN2O/c1-5(2)11-4-7(6(3)12)8(9)10-11/h4-5H,1-3H3/i1D3,2D3,5D. The van der Waals surface area contributed by atoms with Gasteiger partial charge in [0.25, 0.3) is 0 Å². The molecule has 1 heterocycles. The molecule has 0 aliphatic heterocycles. The number of aromatic nitrogens is 2. The SMILES string of the molecule is [2H]C([2H])([2H])C([2H])(n1cc(C(C)=O)c(I)n1)C([2H])([2H])[2H]. The quantitative estimate of drug-likeness (QED) is 0.617. The lowest BCUT2D eigenvalue weighted by Crippen LogP contribution is -2.00. The van der Waals surface area contributed by atoms with Crippen LogP contribution in [0.5, 0.6) is 0 Å². The summed E-state index contributed by atoms with van der Waals surface area (Å²) in [6, 6.07) is -2.94. The molecule has 4 heteroatoms. The van der Waals surface area contributed by atoms with Crippen molar-refractivity contribution in [2.45, 2.75) is 26.6 Å². The lowest BCUT2D eigenvalue weighted by Gasteiger charge is -2.02. The molecule has 0 aliphatic rings. The Morgan fingerprint density at radius 1 is 1.92 bits per heavy atom. The van der Waals surface area contributed by atoms with Crippen LogP contribution in [0.3, 0.4) is 0 Å². The Hall–Kier alpha value is -0.390. The van der Waals surface area contributed by atoms with Gasteiger partial charge < -0.3 is 0 Å². The van der Waals surface area contributed by atoms with E-state index < -0.39 is 19.7 Å². The van der Waals surface area contributed by atoms with E-state index in [1.807, 2.05) is 0 Å². The van der Waals surface area contributed by atoms with Gasteiger partial charge in [0, 0.05) is 20.4 Å². The molecular weight excluding hydrogens is 267 g/mol. The number of nitrogens with zero attached hydrogens (tertiary/aromatic N) is 2. The molecule has 0 saturated heterocycles. The van der Waals surface area contributed by atoms with Crippen LogP contribution in [-0.4, -0.2) is 15.6 Å². The van der Waals surface area contributed by atoms with Crippen molar-refractivity contribution in [3.8, 4) is 0 Å². The summed E-state index contributed by atoms with van der Waals surface area (Å²) in [5.41, 5.74) is 0.0886. The summed E-state index contributed by atoms with van der Waals surface area (Å²) in [4.78, 5) is 11.3. The van der Waals surface area contributed by atoms with E-state index in [1.165, 1.54) is 6.92 Å². The molecule has 3 nitrogen and oxygen atoms in total. The van der Waals surface area contributed by atoms with E-state index in [0.29, 0.717) is 4.68 Å². The van der Waals surface area contributed by atoms with E-state index in [0.717, 1.165) is 6.20 Å². The summed E-state index contributed by atoms with van der Waals surface area (Å²) in [5.74, 6) is -0.380. The van der Waals surface area contributed by atoms with Crippen LogP contribution in [0.4, 0.5) is 0 Å². The predicted molar refractivity (Wildman–Crippen MR) is 55.3 cm³/mol. The zero-order valence-electron chi connectivity index (χ0n) is 13.3. The Balaban J connectivity index is 3.53. The maximum absolute atomic E-state index is 11.3. The number of Topliss-reactive ketones (excluding diaryl/α,β-unsaturated/α-hetero) is 1. The summed E-state index contributed by atoms with van der Waals surface area (Å²) in [7, 11) is 0. The second-order valence-electron chi connectivity index (χ2n) is 2.18. The van der Waals surface area contributed by atoms with Crippen LogP contribution in [-0.2, 0) is 0 Å². The first-order valence-corrected chi connectivity index (χ1v) is 4.17. The molecule has 66 valence electrons. The third-order valence-electron chi connectivity index (χ3n) is 1.28. The van der Waals surface area contributed by atoms with Gasteiger partial charge in [-0.05, 0) is 43.2 Å². The van der Waals surface area contributed by atoms with Crippen molar-refractivity contribution in [1.82, 2.24) is 9.78 Å². The fraction of sp³-hybridized carbons (Fsp3) is 0.500. The maximum atomic E-state index is 11.3. The van der Waals surface area contributed by atoms with Crippen molar-refractivity contribution in [2.75, 3.05) is 0 Å². The first-order chi connectivity index (χ1) is 8.32. The monoisotopic (exact) mass is 285 g/mol. The summed E-state index contributed by atoms with van der Waals surface area (Å²) in [6.45, 7) is -5.00. The second kappa shape index (κ2) is 3.55. The molecule has 0 spiro atoms. The van der Waals surface area contributed by atoms with Gasteiger partial charge in [0.1, 0.15) is 3.70 Å². The fourth-order valence-electron chi connectivity index (χ4n) is 0.704. The molecule has 12 heavy (non-hydrogen) atoms. The van der Waals surface area contributed by atoms with Gasteiger partial charge in [0.2, 0.25) is 0 Å². The first kappa shape index (κ1) is 3.77. The second-order valence-corrected chi connectivity index (χ2v) is 3.20. The van der Waals surface area contributed by atoms with Crippen molar-refractivity contribution in [3.63, 3.8) is 0 Å².